The molecule has 170 valence electrons. The molecule has 3 aromatic heterocycles. The van der Waals surface area contributed by atoms with Crippen molar-refractivity contribution in [1.29, 1.82) is 0 Å². The van der Waals surface area contributed by atoms with Crippen molar-refractivity contribution in [3.8, 4) is 28.8 Å². The molecule has 33 heavy (non-hydrogen) atoms. The maximum absolute atomic E-state index is 15.0. The fourth-order valence-electron chi connectivity index (χ4n) is 3.64. The number of rotatable bonds is 6. The summed E-state index contributed by atoms with van der Waals surface area (Å²) in [4.78, 5) is 10.4. The van der Waals surface area contributed by atoms with Crippen molar-refractivity contribution in [3.63, 3.8) is 0 Å². The summed E-state index contributed by atoms with van der Waals surface area (Å²) in [5.41, 5.74) is 1.88. The van der Waals surface area contributed by atoms with Crippen LogP contribution in [0.2, 0.25) is 0 Å². The van der Waals surface area contributed by atoms with Gasteiger partial charge < -0.3 is 18.9 Å². The lowest BCUT2D eigenvalue weighted by Gasteiger charge is -2.28. The van der Waals surface area contributed by atoms with E-state index < -0.39 is 5.82 Å². The minimum absolute atomic E-state index is 0.117. The molecule has 1 saturated heterocycles. The van der Waals surface area contributed by atoms with Gasteiger partial charge in [0.05, 0.1) is 32.6 Å². The molecule has 4 aromatic rings. The highest BCUT2D eigenvalue weighted by molar-refractivity contribution is 5.64. The van der Waals surface area contributed by atoms with Crippen LogP contribution in [0.4, 0.5) is 14.6 Å². The molecule has 0 radical (unpaired) electrons. The van der Waals surface area contributed by atoms with Crippen molar-refractivity contribution in [2.24, 2.45) is 0 Å². The monoisotopic (exact) mass is 454 g/mol. The van der Waals surface area contributed by atoms with E-state index in [4.69, 9.17) is 14.0 Å². The minimum atomic E-state index is -0.648. The lowest BCUT2D eigenvalue weighted by atomic mass is 10.2. The van der Waals surface area contributed by atoms with Gasteiger partial charge in [-0.15, -0.1) is 0 Å². The van der Waals surface area contributed by atoms with E-state index in [1.807, 2.05) is 0 Å². The van der Waals surface area contributed by atoms with Crippen LogP contribution in [-0.2, 0) is 11.3 Å². The molecule has 0 amide bonds. The van der Waals surface area contributed by atoms with E-state index in [1.165, 1.54) is 19.4 Å². The quantitative estimate of drug-likeness (QED) is 0.439. The molecular weight excluding hydrogens is 434 g/mol. The van der Waals surface area contributed by atoms with Crippen LogP contribution in [0.15, 0.2) is 47.2 Å². The predicted molar refractivity (Wildman–Crippen MR) is 114 cm³/mol. The van der Waals surface area contributed by atoms with Crippen LogP contribution < -0.4 is 9.64 Å². The zero-order valence-corrected chi connectivity index (χ0v) is 17.7. The first kappa shape index (κ1) is 21.0. The summed E-state index contributed by atoms with van der Waals surface area (Å²) in [6.45, 7) is 2.05. The van der Waals surface area contributed by atoms with E-state index in [-0.39, 0.29) is 29.9 Å². The van der Waals surface area contributed by atoms with Gasteiger partial charge in [-0.25, -0.2) is 9.37 Å². The molecule has 11 heteroatoms. The van der Waals surface area contributed by atoms with Gasteiger partial charge in [0.2, 0.25) is 5.82 Å². The van der Waals surface area contributed by atoms with Crippen LogP contribution in [-0.4, -0.2) is 58.3 Å². The molecule has 0 spiro atoms. The number of aromatic nitrogens is 5. The van der Waals surface area contributed by atoms with Crippen molar-refractivity contribution >= 4 is 5.82 Å². The van der Waals surface area contributed by atoms with E-state index in [2.05, 4.69) is 20.2 Å². The third-order valence-corrected chi connectivity index (χ3v) is 5.29. The molecule has 4 heterocycles. The number of morpholine rings is 1. The van der Waals surface area contributed by atoms with Crippen LogP contribution in [0.25, 0.3) is 22.9 Å². The highest BCUT2D eigenvalue weighted by atomic mass is 19.1. The Morgan fingerprint density at radius 2 is 1.88 bits per heavy atom. The van der Waals surface area contributed by atoms with Gasteiger partial charge in [0.1, 0.15) is 23.5 Å². The lowest BCUT2D eigenvalue weighted by Crippen LogP contribution is -2.37. The first-order chi connectivity index (χ1) is 16.1. The SMILES string of the molecule is COc1nc(-c2cc(-c3ccon3)n(Cc3ccccc3F)n2)nc(N2CCOCC2)c1F. The van der Waals surface area contributed by atoms with Gasteiger partial charge in [-0.3, -0.25) is 4.68 Å². The maximum Gasteiger partial charge on any atom is 0.256 e. The molecule has 0 aliphatic carbocycles. The number of benzene rings is 1. The second-order valence-electron chi connectivity index (χ2n) is 7.34. The number of ether oxygens (including phenoxy) is 2. The molecule has 1 aromatic carbocycles. The molecule has 0 atom stereocenters. The smallest absolute Gasteiger partial charge is 0.256 e. The van der Waals surface area contributed by atoms with E-state index >= 15 is 0 Å². The average Bonchev–Trinajstić information content (AvgIpc) is 3.51. The van der Waals surface area contributed by atoms with Crippen molar-refractivity contribution in [2.75, 3.05) is 38.3 Å². The summed E-state index contributed by atoms with van der Waals surface area (Å²) in [5.74, 6) is -0.896. The molecule has 0 saturated carbocycles. The van der Waals surface area contributed by atoms with Gasteiger partial charge in [0, 0.05) is 24.7 Å². The molecule has 1 aliphatic heterocycles. The van der Waals surface area contributed by atoms with Crippen LogP contribution >= 0.6 is 0 Å². The van der Waals surface area contributed by atoms with E-state index in [0.717, 1.165) is 0 Å². The number of halogens is 2. The van der Waals surface area contributed by atoms with Gasteiger partial charge in [-0.1, -0.05) is 23.4 Å². The Labute approximate surface area is 187 Å². The number of methoxy groups -OCH3 is 1. The third kappa shape index (κ3) is 4.14. The van der Waals surface area contributed by atoms with Crippen LogP contribution in [0, 0.1) is 11.6 Å². The predicted octanol–water partition coefficient (Wildman–Crippen LogP) is 3.17. The van der Waals surface area contributed by atoms with E-state index in [1.54, 1.807) is 39.9 Å². The Balaban J connectivity index is 1.60. The Hall–Kier alpha value is -3.86. The van der Waals surface area contributed by atoms with Gasteiger partial charge in [0.15, 0.2) is 11.6 Å². The third-order valence-electron chi connectivity index (χ3n) is 5.29. The second kappa shape index (κ2) is 8.94. The Morgan fingerprint density at radius 3 is 2.61 bits per heavy atom. The lowest BCUT2D eigenvalue weighted by molar-refractivity contribution is 0.122. The Bertz CT molecular complexity index is 1260. The summed E-state index contributed by atoms with van der Waals surface area (Å²) in [6, 6.07) is 9.81. The van der Waals surface area contributed by atoms with Gasteiger partial charge in [0.25, 0.3) is 5.88 Å². The average molecular weight is 454 g/mol. The number of hydrogen-bond acceptors (Lipinski definition) is 8. The number of hydrogen-bond donors (Lipinski definition) is 0. The second-order valence-corrected chi connectivity index (χ2v) is 7.34. The van der Waals surface area contributed by atoms with Crippen molar-refractivity contribution < 1.29 is 22.8 Å². The summed E-state index contributed by atoms with van der Waals surface area (Å²) in [5, 5.41) is 8.57. The van der Waals surface area contributed by atoms with Crippen LogP contribution in [0.5, 0.6) is 5.88 Å². The number of anilines is 1. The van der Waals surface area contributed by atoms with Gasteiger partial charge in [-0.05, 0) is 12.1 Å². The van der Waals surface area contributed by atoms with Crippen molar-refractivity contribution in [2.45, 2.75) is 6.54 Å². The van der Waals surface area contributed by atoms with Crippen molar-refractivity contribution in [3.05, 3.63) is 59.9 Å². The van der Waals surface area contributed by atoms with E-state index in [9.17, 15) is 8.78 Å². The zero-order chi connectivity index (χ0) is 22.8. The van der Waals surface area contributed by atoms with Crippen molar-refractivity contribution in [1.82, 2.24) is 24.9 Å². The van der Waals surface area contributed by atoms with Crippen LogP contribution in [0.3, 0.4) is 0 Å². The minimum Gasteiger partial charge on any atom is -0.479 e. The first-order valence-electron chi connectivity index (χ1n) is 10.3. The van der Waals surface area contributed by atoms with Crippen LogP contribution in [0.1, 0.15) is 5.56 Å². The largest absolute Gasteiger partial charge is 0.479 e. The fraction of sp³-hybridized carbons (Fsp3) is 0.273. The fourth-order valence-corrected chi connectivity index (χ4v) is 3.64. The van der Waals surface area contributed by atoms with Gasteiger partial charge in [-0.2, -0.15) is 14.5 Å². The molecule has 9 nitrogen and oxygen atoms in total. The highest BCUT2D eigenvalue weighted by Gasteiger charge is 2.25. The molecule has 1 aliphatic rings. The summed E-state index contributed by atoms with van der Waals surface area (Å²) < 4.78 is 46.4. The zero-order valence-electron chi connectivity index (χ0n) is 17.7. The number of nitrogens with zero attached hydrogens (tertiary/aromatic N) is 6. The molecule has 0 unspecified atom stereocenters. The molecule has 1 fully saturated rings. The molecule has 5 rings (SSSR count). The molecule has 0 bridgehead atoms. The Morgan fingerprint density at radius 1 is 1.06 bits per heavy atom. The normalized spacial score (nSPS) is 14.0. The summed E-state index contributed by atoms with van der Waals surface area (Å²) in [6.07, 6.45) is 1.43. The summed E-state index contributed by atoms with van der Waals surface area (Å²) >= 11 is 0. The van der Waals surface area contributed by atoms with E-state index in [0.29, 0.717) is 48.9 Å². The standard InChI is InChI=1S/C22H20F2N6O3/c1-31-22-19(24)21(29-7-10-32-11-8-29)25-20(26-22)17-12-18(16-6-9-33-28-16)30(27-17)13-14-4-2-3-5-15(14)23/h2-6,9,12H,7-8,10-11,13H2,1H3. The van der Waals surface area contributed by atoms with Gasteiger partial charge >= 0.3 is 0 Å². The Kier molecular flexibility index (Phi) is 5.69. The first-order valence-corrected chi connectivity index (χ1v) is 10.3. The molecular formula is C22H20F2N6O3. The topological polar surface area (TPSA) is 91.3 Å². The summed E-state index contributed by atoms with van der Waals surface area (Å²) in [7, 11) is 1.34. The maximum atomic E-state index is 15.0. The highest BCUT2D eigenvalue weighted by Crippen LogP contribution is 2.30. The molecule has 0 N–H and O–H groups in total.